The molecule has 2 aromatic rings. The highest BCUT2D eigenvalue weighted by Gasteiger charge is 2.10. The average molecular weight is 268 g/mol. The fourth-order valence-electron chi connectivity index (χ4n) is 1.53. The number of halogens is 1. The second kappa shape index (κ2) is 4.94. The Kier molecular flexibility index (Phi) is 3.54. The molecular formula is C12H14ClN3S. The minimum Gasteiger partial charge on any atom is -0.397 e. The number of nitrogens with two attached hydrogens (primary N) is 1. The van der Waals surface area contributed by atoms with Crippen LogP contribution in [0, 0.1) is 6.92 Å². The van der Waals surface area contributed by atoms with E-state index in [1.807, 2.05) is 25.3 Å². The van der Waals surface area contributed by atoms with E-state index in [-0.39, 0.29) is 6.04 Å². The maximum Gasteiger partial charge on any atom is 0.115 e. The zero-order valence-electron chi connectivity index (χ0n) is 9.70. The van der Waals surface area contributed by atoms with Crippen LogP contribution in [0.25, 0.3) is 0 Å². The van der Waals surface area contributed by atoms with Gasteiger partial charge in [-0.3, -0.25) is 0 Å². The summed E-state index contributed by atoms with van der Waals surface area (Å²) in [5.74, 6) is 0. The molecule has 0 fully saturated rings. The van der Waals surface area contributed by atoms with Crippen molar-refractivity contribution < 1.29 is 0 Å². The molecule has 2 rings (SSSR count). The number of nitrogens with one attached hydrogen (secondary N) is 1. The van der Waals surface area contributed by atoms with Gasteiger partial charge in [-0.2, -0.15) is 0 Å². The first-order valence-electron chi connectivity index (χ1n) is 5.30. The molecule has 0 saturated carbocycles. The zero-order valence-corrected chi connectivity index (χ0v) is 11.3. The van der Waals surface area contributed by atoms with E-state index in [4.69, 9.17) is 17.3 Å². The van der Waals surface area contributed by atoms with E-state index in [0.717, 1.165) is 10.7 Å². The number of aromatic nitrogens is 1. The summed E-state index contributed by atoms with van der Waals surface area (Å²) in [5, 5.41) is 5.03. The largest absolute Gasteiger partial charge is 0.397 e. The summed E-state index contributed by atoms with van der Waals surface area (Å²) in [5.41, 5.74) is 7.42. The first kappa shape index (κ1) is 12.2. The molecule has 3 nitrogen and oxygen atoms in total. The van der Waals surface area contributed by atoms with Crippen molar-refractivity contribution in [1.82, 2.24) is 4.98 Å². The Balaban J connectivity index is 2.15. The van der Waals surface area contributed by atoms with Gasteiger partial charge >= 0.3 is 0 Å². The van der Waals surface area contributed by atoms with Crippen LogP contribution >= 0.6 is 22.9 Å². The van der Waals surface area contributed by atoms with E-state index in [1.54, 1.807) is 17.4 Å². The Morgan fingerprint density at radius 1 is 1.47 bits per heavy atom. The molecule has 0 aliphatic heterocycles. The molecule has 17 heavy (non-hydrogen) atoms. The molecule has 90 valence electrons. The summed E-state index contributed by atoms with van der Waals surface area (Å²) >= 11 is 7.54. The Labute approximate surface area is 110 Å². The van der Waals surface area contributed by atoms with Crippen LogP contribution in [0.3, 0.4) is 0 Å². The van der Waals surface area contributed by atoms with E-state index in [2.05, 4.69) is 17.2 Å². The highest BCUT2D eigenvalue weighted by molar-refractivity contribution is 7.11. The first-order chi connectivity index (χ1) is 8.06. The molecule has 0 bridgehead atoms. The maximum absolute atomic E-state index is 5.89. The van der Waals surface area contributed by atoms with Gasteiger partial charge in [0, 0.05) is 16.1 Å². The van der Waals surface area contributed by atoms with Gasteiger partial charge in [0.05, 0.1) is 17.4 Å². The third kappa shape index (κ3) is 2.90. The molecule has 0 spiro atoms. The third-order valence-corrected chi connectivity index (χ3v) is 3.73. The smallest absolute Gasteiger partial charge is 0.115 e. The van der Waals surface area contributed by atoms with Crippen LogP contribution in [-0.4, -0.2) is 4.98 Å². The SMILES string of the molecule is Cc1cnc(C(C)Nc2ccc(Cl)cc2N)s1. The van der Waals surface area contributed by atoms with Gasteiger partial charge in [0.1, 0.15) is 5.01 Å². The number of aryl methyl sites for hydroxylation is 1. The summed E-state index contributed by atoms with van der Waals surface area (Å²) < 4.78 is 0. The van der Waals surface area contributed by atoms with Gasteiger partial charge in [0.15, 0.2) is 0 Å². The topological polar surface area (TPSA) is 50.9 Å². The standard InChI is InChI=1S/C12H14ClN3S/c1-7-6-15-12(17-7)8(2)16-11-4-3-9(13)5-10(11)14/h3-6,8,16H,14H2,1-2H3. The summed E-state index contributed by atoms with van der Waals surface area (Å²) in [7, 11) is 0. The van der Waals surface area contributed by atoms with E-state index >= 15 is 0 Å². The Morgan fingerprint density at radius 2 is 2.24 bits per heavy atom. The molecule has 0 aliphatic rings. The van der Waals surface area contributed by atoms with Crippen molar-refractivity contribution in [1.29, 1.82) is 0 Å². The molecule has 3 N–H and O–H groups in total. The second-order valence-electron chi connectivity index (χ2n) is 3.91. The summed E-state index contributed by atoms with van der Waals surface area (Å²) in [6.07, 6.45) is 1.88. The van der Waals surface area contributed by atoms with Gasteiger partial charge in [-0.25, -0.2) is 4.98 Å². The van der Waals surface area contributed by atoms with Crippen LogP contribution in [0.1, 0.15) is 22.9 Å². The van der Waals surface area contributed by atoms with Crippen LogP contribution in [0.2, 0.25) is 5.02 Å². The van der Waals surface area contributed by atoms with Gasteiger partial charge in [0.25, 0.3) is 0 Å². The monoisotopic (exact) mass is 267 g/mol. The van der Waals surface area contributed by atoms with Gasteiger partial charge < -0.3 is 11.1 Å². The van der Waals surface area contributed by atoms with Crippen molar-refractivity contribution in [2.75, 3.05) is 11.1 Å². The molecule has 0 saturated heterocycles. The van der Waals surface area contributed by atoms with Crippen LogP contribution in [0.5, 0.6) is 0 Å². The number of anilines is 2. The average Bonchev–Trinajstić information content (AvgIpc) is 2.69. The number of thiazole rings is 1. The van der Waals surface area contributed by atoms with Crippen LogP contribution in [0.15, 0.2) is 24.4 Å². The molecule has 0 aliphatic carbocycles. The molecule has 0 radical (unpaired) electrons. The molecule has 0 amide bonds. The lowest BCUT2D eigenvalue weighted by atomic mass is 10.2. The number of benzene rings is 1. The highest BCUT2D eigenvalue weighted by atomic mass is 35.5. The lowest BCUT2D eigenvalue weighted by molar-refractivity contribution is 0.870. The van der Waals surface area contributed by atoms with Crippen molar-refractivity contribution in [2.45, 2.75) is 19.9 Å². The van der Waals surface area contributed by atoms with Crippen LogP contribution in [0.4, 0.5) is 11.4 Å². The predicted molar refractivity (Wildman–Crippen MR) is 74.8 cm³/mol. The number of hydrogen-bond donors (Lipinski definition) is 2. The van der Waals surface area contributed by atoms with E-state index < -0.39 is 0 Å². The zero-order chi connectivity index (χ0) is 12.4. The predicted octanol–water partition coefficient (Wildman–Crippen LogP) is 3.86. The molecule has 5 heteroatoms. The summed E-state index contributed by atoms with van der Waals surface area (Å²) in [6.45, 7) is 4.11. The molecule has 1 unspecified atom stereocenters. The molecular weight excluding hydrogens is 254 g/mol. The van der Waals surface area contributed by atoms with Crippen LogP contribution < -0.4 is 11.1 Å². The summed E-state index contributed by atoms with van der Waals surface area (Å²) in [4.78, 5) is 5.55. The quantitative estimate of drug-likeness (QED) is 0.831. The van der Waals surface area contributed by atoms with Crippen LogP contribution in [-0.2, 0) is 0 Å². The number of nitrogen functional groups attached to an aromatic ring is 1. The van der Waals surface area contributed by atoms with Crippen molar-refractivity contribution in [3.8, 4) is 0 Å². The Morgan fingerprint density at radius 3 is 2.82 bits per heavy atom. The maximum atomic E-state index is 5.89. The third-order valence-electron chi connectivity index (χ3n) is 2.40. The van der Waals surface area contributed by atoms with Gasteiger partial charge in [0.2, 0.25) is 0 Å². The van der Waals surface area contributed by atoms with Crippen molar-refractivity contribution >= 4 is 34.3 Å². The Bertz CT molecular complexity index is 524. The first-order valence-corrected chi connectivity index (χ1v) is 6.49. The molecule has 1 heterocycles. The van der Waals surface area contributed by atoms with Crippen molar-refractivity contribution in [3.05, 3.63) is 39.3 Å². The van der Waals surface area contributed by atoms with E-state index in [1.165, 1.54) is 4.88 Å². The van der Waals surface area contributed by atoms with Gasteiger partial charge in [-0.1, -0.05) is 11.6 Å². The van der Waals surface area contributed by atoms with E-state index in [9.17, 15) is 0 Å². The Hall–Kier alpha value is -1.26. The van der Waals surface area contributed by atoms with Crippen molar-refractivity contribution in [2.24, 2.45) is 0 Å². The molecule has 1 atom stereocenters. The fourth-order valence-corrected chi connectivity index (χ4v) is 2.49. The minimum atomic E-state index is 0.136. The molecule has 1 aromatic heterocycles. The normalized spacial score (nSPS) is 12.4. The minimum absolute atomic E-state index is 0.136. The fraction of sp³-hybridized carbons (Fsp3) is 0.250. The van der Waals surface area contributed by atoms with Gasteiger partial charge in [-0.15, -0.1) is 11.3 Å². The number of hydrogen-bond acceptors (Lipinski definition) is 4. The van der Waals surface area contributed by atoms with E-state index in [0.29, 0.717) is 10.7 Å². The highest BCUT2D eigenvalue weighted by Crippen LogP contribution is 2.28. The van der Waals surface area contributed by atoms with Crippen molar-refractivity contribution in [3.63, 3.8) is 0 Å². The molecule has 1 aromatic carbocycles. The number of rotatable bonds is 3. The lowest BCUT2D eigenvalue weighted by Crippen LogP contribution is -2.07. The lowest BCUT2D eigenvalue weighted by Gasteiger charge is -2.14. The second-order valence-corrected chi connectivity index (χ2v) is 5.61. The summed E-state index contributed by atoms with van der Waals surface area (Å²) in [6, 6.07) is 5.58. The van der Waals surface area contributed by atoms with Gasteiger partial charge in [-0.05, 0) is 32.0 Å². The number of nitrogens with zero attached hydrogens (tertiary/aromatic N) is 1.